The summed E-state index contributed by atoms with van der Waals surface area (Å²) in [5, 5.41) is 3.60. The normalized spacial score (nSPS) is 36.8. The zero-order chi connectivity index (χ0) is 13.7. The Morgan fingerprint density at radius 3 is 2.37 bits per heavy atom. The Labute approximate surface area is 117 Å². The second-order valence-electron chi connectivity index (χ2n) is 6.27. The molecule has 4 nitrogen and oxygen atoms in total. The zero-order valence-electron chi connectivity index (χ0n) is 12.8. The van der Waals surface area contributed by atoms with Gasteiger partial charge >= 0.3 is 0 Å². The second-order valence-corrected chi connectivity index (χ2v) is 6.27. The van der Waals surface area contributed by atoms with Gasteiger partial charge < -0.3 is 14.8 Å². The number of nitrogens with zero attached hydrogens (tertiary/aromatic N) is 1. The Morgan fingerprint density at radius 1 is 1.21 bits per heavy atom. The van der Waals surface area contributed by atoms with Crippen LogP contribution in [0.5, 0.6) is 0 Å². The Bertz CT molecular complexity index is 249. The molecule has 0 saturated carbocycles. The van der Waals surface area contributed by atoms with Crippen molar-refractivity contribution in [1.82, 2.24) is 10.2 Å². The highest BCUT2D eigenvalue weighted by molar-refractivity contribution is 4.93. The third-order valence-electron chi connectivity index (χ3n) is 4.80. The van der Waals surface area contributed by atoms with E-state index in [4.69, 9.17) is 9.47 Å². The number of likely N-dealkylation sites (tertiary alicyclic amines) is 1. The van der Waals surface area contributed by atoms with Gasteiger partial charge in [0.1, 0.15) is 0 Å². The van der Waals surface area contributed by atoms with E-state index >= 15 is 0 Å². The quantitative estimate of drug-likeness (QED) is 0.793. The third-order valence-corrected chi connectivity index (χ3v) is 4.80. The first-order valence-corrected chi connectivity index (χ1v) is 7.71. The molecule has 112 valence electrons. The van der Waals surface area contributed by atoms with Crippen LogP contribution in [0.1, 0.15) is 32.6 Å². The Balaban J connectivity index is 1.94. The molecule has 2 rings (SSSR count). The number of hydrogen-bond donors (Lipinski definition) is 1. The Hall–Kier alpha value is -0.160. The van der Waals surface area contributed by atoms with Crippen LogP contribution in [-0.2, 0) is 9.47 Å². The van der Waals surface area contributed by atoms with E-state index in [0.717, 1.165) is 13.1 Å². The lowest BCUT2D eigenvalue weighted by molar-refractivity contribution is -0.00461. The smallest absolute Gasteiger partial charge is 0.0971 e. The van der Waals surface area contributed by atoms with E-state index in [0.29, 0.717) is 5.41 Å². The van der Waals surface area contributed by atoms with E-state index < -0.39 is 0 Å². The minimum absolute atomic E-state index is 0.236. The molecule has 19 heavy (non-hydrogen) atoms. The summed E-state index contributed by atoms with van der Waals surface area (Å²) in [6.45, 7) is 7.88. The molecule has 0 amide bonds. The van der Waals surface area contributed by atoms with E-state index in [2.05, 4.69) is 17.1 Å². The summed E-state index contributed by atoms with van der Waals surface area (Å²) in [6.07, 6.45) is 5.75. The lowest BCUT2D eigenvalue weighted by Crippen LogP contribution is -2.47. The molecule has 0 radical (unpaired) electrons. The molecule has 0 aromatic heterocycles. The predicted octanol–water partition coefficient (Wildman–Crippen LogP) is 1.50. The van der Waals surface area contributed by atoms with Crippen LogP contribution in [0.25, 0.3) is 0 Å². The molecule has 2 aliphatic heterocycles. The third kappa shape index (κ3) is 3.69. The Kier molecular flexibility index (Phi) is 5.63. The fourth-order valence-corrected chi connectivity index (χ4v) is 3.86. The topological polar surface area (TPSA) is 33.7 Å². The standard InChI is InChI=1S/C15H30N2O2/c1-4-6-15(7-5-8-16-11-15)12-17-9-13(18-2)14(10-17)19-3/h13-14,16H,4-12H2,1-3H3. The van der Waals surface area contributed by atoms with Gasteiger partial charge in [0.15, 0.2) is 0 Å². The van der Waals surface area contributed by atoms with Crippen LogP contribution in [0, 0.1) is 5.41 Å². The van der Waals surface area contributed by atoms with Gasteiger partial charge in [-0.2, -0.15) is 0 Å². The fourth-order valence-electron chi connectivity index (χ4n) is 3.86. The molecule has 2 fully saturated rings. The summed E-state index contributed by atoms with van der Waals surface area (Å²) in [5.74, 6) is 0. The lowest BCUT2D eigenvalue weighted by atomic mass is 9.76. The number of ether oxygens (including phenoxy) is 2. The second kappa shape index (κ2) is 7.02. The largest absolute Gasteiger partial charge is 0.377 e. The number of hydrogen-bond acceptors (Lipinski definition) is 4. The molecular formula is C15H30N2O2. The number of piperidine rings is 1. The van der Waals surface area contributed by atoms with Crippen LogP contribution in [-0.4, -0.2) is 64.1 Å². The number of rotatable bonds is 6. The summed E-state index contributed by atoms with van der Waals surface area (Å²) in [4.78, 5) is 2.55. The monoisotopic (exact) mass is 270 g/mol. The molecule has 0 aliphatic carbocycles. The van der Waals surface area contributed by atoms with Crippen molar-refractivity contribution in [2.24, 2.45) is 5.41 Å². The van der Waals surface area contributed by atoms with Gasteiger partial charge in [-0.05, 0) is 31.2 Å². The maximum absolute atomic E-state index is 5.54. The van der Waals surface area contributed by atoms with Gasteiger partial charge in [-0.1, -0.05) is 13.3 Å². The van der Waals surface area contributed by atoms with Crippen LogP contribution in [0.2, 0.25) is 0 Å². The minimum Gasteiger partial charge on any atom is -0.377 e. The summed E-state index contributed by atoms with van der Waals surface area (Å²) in [5.41, 5.74) is 0.466. The molecule has 0 aromatic carbocycles. The first kappa shape index (κ1) is 15.2. The molecule has 2 heterocycles. The molecule has 3 atom stereocenters. The number of nitrogens with one attached hydrogen (secondary N) is 1. The van der Waals surface area contributed by atoms with Gasteiger partial charge in [-0.25, -0.2) is 0 Å². The van der Waals surface area contributed by atoms with E-state index in [1.54, 1.807) is 14.2 Å². The van der Waals surface area contributed by atoms with Crippen molar-refractivity contribution in [2.75, 3.05) is 46.9 Å². The fraction of sp³-hybridized carbons (Fsp3) is 1.00. The van der Waals surface area contributed by atoms with Gasteiger partial charge in [-0.3, -0.25) is 4.90 Å². The van der Waals surface area contributed by atoms with Crippen molar-refractivity contribution >= 4 is 0 Å². The van der Waals surface area contributed by atoms with Crippen molar-refractivity contribution in [3.63, 3.8) is 0 Å². The van der Waals surface area contributed by atoms with Crippen molar-refractivity contribution in [1.29, 1.82) is 0 Å². The molecule has 2 saturated heterocycles. The molecule has 0 bridgehead atoms. The molecule has 4 heteroatoms. The first-order chi connectivity index (χ1) is 9.23. The Morgan fingerprint density at radius 2 is 1.89 bits per heavy atom. The average molecular weight is 270 g/mol. The van der Waals surface area contributed by atoms with Crippen molar-refractivity contribution in [2.45, 2.75) is 44.8 Å². The first-order valence-electron chi connectivity index (χ1n) is 7.71. The minimum atomic E-state index is 0.236. The van der Waals surface area contributed by atoms with Crippen LogP contribution in [0.15, 0.2) is 0 Å². The van der Waals surface area contributed by atoms with Crippen molar-refractivity contribution < 1.29 is 9.47 Å². The number of methoxy groups -OCH3 is 2. The van der Waals surface area contributed by atoms with Crippen LogP contribution >= 0.6 is 0 Å². The van der Waals surface area contributed by atoms with E-state index in [1.165, 1.54) is 45.3 Å². The molecule has 1 N–H and O–H groups in total. The highest BCUT2D eigenvalue weighted by atomic mass is 16.5. The van der Waals surface area contributed by atoms with E-state index in [9.17, 15) is 0 Å². The summed E-state index contributed by atoms with van der Waals surface area (Å²) < 4.78 is 11.1. The summed E-state index contributed by atoms with van der Waals surface area (Å²) >= 11 is 0. The molecule has 0 aromatic rings. The van der Waals surface area contributed by atoms with E-state index in [-0.39, 0.29) is 12.2 Å². The van der Waals surface area contributed by atoms with Gasteiger partial charge in [0, 0.05) is 40.4 Å². The van der Waals surface area contributed by atoms with Crippen molar-refractivity contribution in [3.8, 4) is 0 Å². The summed E-state index contributed by atoms with van der Waals surface area (Å²) in [6, 6.07) is 0. The lowest BCUT2D eigenvalue weighted by Gasteiger charge is -2.40. The molecule has 3 unspecified atom stereocenters. The van der Waals surface area contributed by atoms with Gasteiger partial charge in [0.2, 0.25) is 0 Å². The van der Waals surface area contributed by atoms with Crippen molar-refractivity contribution in [3.05, 3.63) is 0 Å². The van der Waals surface area contributed by atoms with Crippen LogP contribution in [0.3, 0.4) is 0 Å². The molecular weight excluding hydrogens is 240 g/mol. The molecule has 2 aliphatic rings. The SMILES string of the molecule is CCCC1(CN2CC(OC)C(OC)C2)CCCNC1. The predicted molar refractivity (Wildman–Crippen MR) is 77.5 cm³/mol. The molecule has 0 spiro atoms. The van der Waals surface area contributed by atoms with Gasteiger partial charge in [0.25, 0.3) is 0 Å². The van der Waals surface area contributed by atoms with Gasteiger partial charge in [0.05, 0.1) is 12.2 Å². The van der Waals surface area contributed by atoms with E-state index in [1.807, 2.05) is 0 Å². The average Bonchev–Trinajstić information content (AvgIpc) is 2.82. The maximum Gasteiger partial charge on any atom is 0.0971 e. The zero-order valence-corrected chi connectivity index (χ0v) is 12.8. The summed E-state index contributed by atoms with van der Waals surface area (Å²) in [7, 11) is 3.59. The maximum atomic E-state index is 5.54. The van der Waals surface area contributed by atoms with Crippen LogP contribution in [0.4, 0.5) is 0 Å². The van der Waals surface area contributed by atoms with Gasteiger partial charge in [-0.15, -0.1) is 0 Å². The van der Waals surface area contributed by atoms with Crippen LogP contribution < -0.4 is 5.32 Å². The highest BCUT2D eigenvalue weighted by Crippen LogP contribution is 2.34. The highest BCUT2D eigenvalue weighted by Gasteiger charge is 2.39.